The quantitative estimate of drug-likeness (QED) is 0.807. The Hall–Kier alpha value is -3.07. The molecule has 2 aromatic carbocycles. The van der Waals surface area contributed by atoms with Crippen LogP contribution in [0.3, 0.4) is 0 Å². The molecule has 1 amide bonds. The van der Waals surface area contributed by atoms with Crippen LogP contribution in [-0.2, 0) is 0 Å². The lowest BCUT2D eigenvalue weighted by Crippen LogP contribution is -2.19. The Morgan fingerprint density at radius 1 is 1.19 bits per heavy atom. The normalized spacial score (nSPS) is 15.0. The molecule has 132 valence electrons. The fourth-order valence-electron chi connectivity index (χ4n) is 2.68. The number of ether oxygens (including phenoxy) is 1. The van der Waals surface area contributed by atoms with Crippen LogP contribution in [0.25, 0.3) is 0 Å². The minimum absolute atomic E-state index is 0.233. The summed E-state index contributed by atoms with van der Waals surface area (Å²) in [5.41, 5.74) is 0.814. The van der Waals surface area contributed by atoms with Crippen LogP contribution in [0, 0.1) is 29.4 Å². The van der Waals surface area contributed by atoms with Gasteiger partial charge in [-0.1, -0.05) is 11.8 Å². The first-order valence-electron chi connectivity index (χ1n) is 8.43. The molecule has 4 rings (SSSR count). The van der Waals surface area contributed by atoms with Crippen molar-refractivity contribution >= 4 is 17.3 Å². The number of amides is 1. The molecule has 0 saturated heterocycles. The molecule has 4 nitrogen and oxygen atoms in total. The van der Waals surface area contributed by atoms with Gasteiger partial charge in [-0.05, 0) is 37.1 Å². The van der Waals surface area contributed by atoms with Crippen molar-refractivity contribution in [2.24, 2.45) is 5.92 Å². The number of halogens is 2. The molecule has 1 fully saturated rings. The molecular formula is C20H16F2N2O2. The molecule has 0 unspecified atom stereocenters. The zero-order chi connectivity index (χ0) is 18.1. The first-order valence-corrected chi connectivity index (χ1v) is 8.43. The molecule has 6 heteroatoms. The van der Waals surface area contributed by atoms with Gasteiger partial charge in [-0.25, -0.2) is 8.78 Å². The highest BCUT2D eigenvalue weighted by Gasteiger charge is 2.21. The van der Waals surface area contributed by atoms with Gasteiger partial charge in [0.2, 0.25) is 0 Å². The van der Waals surface area contributed by atoms with E-state index in [1.807, 2.05) is 0 Å². The molecule has 1 heterocycles. The van der Waals surface area contributed by atoms with Crippen LogP contribution in [0.1, 0.15) is 28.8 Å². The van der Waals surface area contributed by atoms with E-state index in [0.717, 1.165) is 30.7 Å². The van der Waals surface area contributed by atoms with Crippen LogP contribution in [0.5, 0.6) is 5.75 Å². The number of fused-ring (bicyclic) bond motifs is 1. The van der Waals surface area contributed by atoms with E-state index in [4.69, 9.17) is 4.74 Å². The van der Waals surface area contributed by atoms with Crippen LogP contribution in [0.2, 0.25) is 0 Å². The number of rotatable bonds is 2. The lowest BCUT2D eigenvalue weighted by atomic mass is 10.1. The third-order valence-corrected chi connectivity index (χ3v) is 4.18. The van der Waals surface area contributed by atoms with E-state index in [9.17, 15) is 13.6 Å². The Kier molecular flexibility index (Phi) is 4.21. The molecule has 2 aliphatic rings. The molecule has 1 aliphatic carbocycles. The van der Waals surface area contributed by atoms with Crippen molar-refractivity contribution in [1.82, 2.24) is 0 Å². The summed E-state index contributed by atoms with van der Waals surface area (Å²) in [6.07, 6.45) is 2.05. The van der Waals surface area contributed by atoms with Gasteiger partial charge in [-0.15, -0.1) is 0 Å². The third-order valence-electron chi connectivity index (χ3n) is 4.18. The van der Waals surface area contributed by atoms with Crippen molar-refractivity contribution in [2.45, 2.75) is 12.8 Å². The van der Waals surface area contributed by atoms with Crippen molar-refractivity contribution in [1.29, 1.82) is 0 Å². The van der Waals surface area contributed by atoms with E-state index in [0.29, 0.717) is 30.5 Å². The van der Waals surface area contributed by atoms with Gasteiger partial charge in [-0.3, -0.25) is 4.79 Å². The molecule has 0 atom stereocenters. The average Bonchev–Trinajstić information content (AvgIpc) is 3.44. The highest BCUT2D eigenvalue weighted by atomic mass is 19.1. The van der Waals surface area contributed by atoms with E-state index in [2.05, 4.69) is 22.5 Å². The molecule has 0 aromatic heterocycles. The Labute approximate surface area is 149 Å². The third kappa shape index (κ3) is 3.47. The summed E-state index contributed by atoms with van der Waals surface area (Å²) in [4.78, 5) is 12.3. The number of hydrogen-bond acceptors (Lipinski definition) is 3. The van der Waals surface area contributed by atoms with E-state index in [-0.39, 0.29) is 5.56 Å². The lowest BCUT2D eigenvalue weighted by Gasteiger charge is -2.19. The summed E-state index contributed by atoms with van der Waals surface area (Å²) in [6.45, 7) is 1.21. The summed E-state index contributed by atoms with van der Waals surface area (Å²) in [7, 11) is 0. The minimum atomic E-state index is -0.932. The lowest BCUT2D eigenvalue weighted by molar-refractivity contribution is 0.101. The van der Waals surface area contributed by atoms with Crippen LogP contribution in [0.4, 0.5) is 20.2 Å². The second kappa shape index (κ2) is 6.68. The topological polar surface area (TPSA) is 50.4 Å². The number of benzene rings is 2. The molecule has 2 N–H and O–H groups in total. The predicted octanol–water partition coefficient (Wildman–Crippen LogP) is 3.78. The van der Waals surface area contributed by atoms with E-state index in [1.165, 1.54) is 0 Å². The zero-order valence-corrected chi connectivity index (χ0v) is 13.9. The molecule has 2 aromatic rings. The van der Waals surface area contributed by atoms with Crippen molar-refractivity contribution in [2.75, 3.05) is 23.8 Å². The predicted molar refractivity (Wildman–Crippen MR) is 94.3 cm³/mol. The fraction of sp³-hybridized carbons (Fsp3) is 0.250. The van der Waals surface area contributed by atoms with Crippen LogP contribution >= 0.6 is 0 Å². The molecule has 1 saturated carbocycles. The Bertz CT molecular complexity index is 920. The molecule has 26 heavy (non-hydrogen) atoms. The van der Waals surface area contributed by atoms with Gasteiger partial charge in [0.15, 0.2) is 0 Å². The van der Waals surface area contributed by atoms with Gasteiger partial charge in [0, 0.05) is 29.8 Å². The summed E-state index contributed by atoms with van der Waals surface area (Å²) >= 11 is 0. The highest BCUT2D eigenvalue weighted by molar-refractivity contribution is 6.05. The second-order valence-corrected chi connectivity index (χ2v) is 6.30. The van der Waals surface area contributed by atoms with Crippen LogP contribution in [-0.4, -0.2) is 19.1 Å². The zero-order valence-electron chi connectivity index (χ0n) is 13.9. The number of hydrogen-bond donors (Lipinski definition) is 2. The molecule has 0 spiro atoms. The average molecular weight is 354 g/mol. The van der Waals surface area contributed by atoms with E-state index < -0.39 is 23.1 Å². The Morgan fingerprint density at radius 3 is 2.69 bits per heavy atom. The van der Waals surface area contributed by atoms with Gasteiger partial charge >= 0.3 is 0 Å². The van der Waals surface area contributed by atoms with Gasteiger partial charge in [-0.2, -0.15) is 0 Å². The second-order valence-electron chi connectivity index (χ2n) is 6.30. The maximum Gasteiger partial charge on any atom is 0.261 e. The van der Waals surface area contributed by atoms with Crippen molar-refractivity contribution in [3.63, 3.8) is 0 Å². The fourth-order valence-corrected chi connectivity index (χ4v) is 2.68. The van der Waals surface area contributed by atoms with E-state index >= 15 is 0 Å². The molecule has 0 bridgehead atoms. The van der Waals surface area contributed by atoms with Crippen molar-refractivity contribution in [3.05, 3.63) is 53.1 Å². The standard InChI is InChI=1S/C20H16F2N2O2/c21-15-9-13(4-3-12-1-2-12)10-16(22)19(15)20(25)24-14-5-6-17-18(11-14)26-8-7-23-17/h5-6,9-12,23H,1-2,7-8H2,(H,24,25). The summed E-state index contributed by atoms with van der Waals surface area (Å²) < 4.78 is 34.0. The number of carbonyl (C=O) groups excluding carboxylic acids is 1. The molecular weight excluding hydrogens is 338 g/mol. The SMILES string of the molecule is O=C(Nc1ccc2c(c1)OCCN2)c1c(F)cc(C#CC2CC2)cc1F. The van der Waals surface area contributed by atoms with Gasteiger partial charge < -0.3 is 15.4 Å². The van der Waals surface area contributed by atoms with E-state index in [1.54, 1.807) is 18.2 Å². The minimum Gasteiger partial charge on any atom is -0.490 e. The van der Waals surface area contributed by atoms with Gasteiger partial charge in [0.25, 0.3) is 5.91 Å². The molecule has 0 radical (unpaired) electrons. The number of anilines is 2. The first-order chi connectivity index (χ1) is 12.6. The van der Waals surface area contributed by atoms with Crippen molar-refractivity contribution in [3.8, 4) is 17.6 Å². The number of nitrogens with one attached hydrogen (secondary N) is 2. The Balaban J connectivity index is 1.55. The number of carbonyl (C=O) groups is 1. The maximum atomic E-state index is 14.3. The molecule has 1 aliphatic heterocycles. The summed E-state index contributed by atoms with van der Waals surface area (Å²) in [5, 5.41) is 5.66. The van der Waals surface area contributed by atoms with Crippen LogP contribution in [0.15, 0.2) is 30.3 Å². The highest BCUT2D eigenvalue weighted by Crippen LogP contribution is 2.31. The monoisotopic (exact) mass is 354 g/mol. The van der Waals surface area contributed by atoms with Gasteiger partial charge in [0.1, 0.15) is 29.6 Å². The van der Waals surface area contributed by atoms with Crippen molar-refractivity contribution < 1.29 is 18.3 Å². The summed E-state index contributed by atoms with van der Waals surface area (Å²) in [6, 6.07) is 7.18. The largest absolute Gasteiger partial charge is 0.490 e. The smallest absolute Gasteiger partial charge is 0.261 e. The van der Waals surface area contributed by atoms with Crippen LogP contribution < -0.4 is 15.4 Å². The summed E-state index contributed by atoms with van der Waals surface area (Å²) in [5.74, 6) is 3.88. The van der Waals surface area contributed by atoms with Gasteiger partial charge in [0.05, 0.1) is 5.69 Å². The first kappa shape index (κ1) is 16.4. The Morgan fingerprint density at radius 2 is 1.96 bits per heavy atom. The maximum absolute atomic E-state index is 14.3.